The minimum atomic E-state index is 0.0163. The highest BCUT2D eigenvalue weighted by Crippen LogP contribution is 2.51. The zero-order valence-electron chi connectivity index (χ0n) is 11.5. The fourth-order valence-electron chi connectivity index (χ4n) is 2.29. The zero-order valence-corrected chi connectivity index (χ0v) is 12.3. The summed E-state index contributed by atoms with van der Waals surface area (Å²) < 4.78 is 0. The molecule has 0 spiro atoms. The van der Waals surface area contributed by atoms with Crippen LogP contribution in [0.5, 0.6) is 0 Å². The van der Waals surface area contributed by atoms with Crippen LogP contribution in [0.4, 0.5) is 10.7 Å². The van der Waals surface area contributed by atoms with Gasteiger partial charge in [-0.05, 0) is 38.5 Å². The molecule has 4 nitrogen and oxygen atoms in total. The van der Waals surface area contributed by atoms with E-state index >= 15 is 0 Å². The standard InChI is InChI=1S/C14H21N3OS/c1-3-17(2)14-10(8-4-5-8)11(15)12(19-14)13(18)16-9-6-7-9/h8-9H,3-7,15H2,1-2H3,(H,16,18). The van der Waals surface area contributed by atoms with Crippen LogP contribution >= 0.6 is 11.3 Å². The molecule has 1 amide bonds. The molecule has 104 valence electrons. The van der Waals surface area contributed by atoms with E-state index in [1.807, 2.05) is 0 Å². The maximum absolute atomic E-state index is 12.2. The molecule has 0 aromatic carbocycles. The molecular formula is C14H21N3OS. The van der Waals surface area contributed by atoms with Crippen molar-refractivity contribution in [1.29, 1.82) is 0 Å². The number of nitrogens with one attached hydrogen (secondary N) is 1. The van der Waals surface area contributed by atoms with E-state index in [2.05, 4.69) is 24.2 Å². The third-order valence-electron chi connectivity index (χ3n) is 3.89. The van der Waals surface area contributed by atoms with Crippen molar-refractivity contribution in [2.45, 2.75) is 44.6 Å². The second-order valence-corrected chi connectivity index (χ2v) is 6.60. The Labute approximate surface area is 118 Å². The lowest BCUT2D eigenvalue weighted by Gasteiger charge is -2.16. The number of nitrogens with two attached hydrogens (primary N) is 1. The van der Waals surface area contributed by atoms with Gasteiger partial charge in [-0.2, -0.15) is 0 Å². The smallest absolute Gasteiger partial charge is 0.263 e. The number of thiophene rings is 1. The van der Waals surface area contributed by atoms with E-state index in [0.29, 0.717) is 16.8 Å². The molecule has 1 heterocycles. The molecular weight excluding hydrogens is 258 g/mol. The van der Waals surface area contributed by atoms with E-state index in [-0.39, 0.29) is 5.91 Å². The highest BCUT2D eigenvalue weighted by molar-refractivity contribution is 7.18. The van der Waals surface area contributed by atoms with Gasteiger partial charge >= 0.3 is 0 Å². The predicted molar refractivity (Wildman–Crippen MR) is 80.1 cm³/mol. The average molecular weight is 279 g/mol. The molecule has 0 saturated heterocycles. The van der Waals surface area contributed by atoms with Crippen LogP contribution in [0.25, 0.3) is 0 Å². The van der Waals surface area contributed by atoms with Gasteiger partial charge in [-0.15, -0.1) is 11.3 Å². The van der Waals surface area contributed by atoms with Gasteiger partial charge < -0.3 is 16.0 Å². The van der Waals surface area contributed by atoms with Crippen LogP contribution in [0.1, 0.15) is 53.8 Å². The van der Waals surface area contributed by atoms with Gasteiger partial charge in [0.05, 0.1) is 10.7 Å². The molecule has 0 unspecified atom stereocenters. The monoisotopic (exact) mass is 279 g/mol. The van der Waals surface area contributed by atoms with E-state index in [1.165, 1.54) is 23.4 Å². The summed E-state index contributed by atoms with van der Waals surface area (Å²) >= 11 is 1.55. The lowest BCUT2D eigenvalue weighted by molar-refractivity contribution is 0.0956. The Balaban J connectivity index is 1.93. The van der Waals surface area contributed by atoms with Crippen molar-refractivity contribution in [3.8, 4) is 0 Å². The van der Waals surface area contributed by atoms with Gasteiger partial charge in [0, 0.05) is 25.2 Å². The predicted octanol–water partition coefficient (Wildman–Crippen LogP) is 2.56. The van der Waals surface area contributed by atoms with Crippen molar-refractivity contribution in [1.82, 2.24) is 5.32 Å². The summed E-state index contributed by atoms with van der Waals surface area (Å²) in [6, 6.07) is 0.380. The minimum Gasteiger partial charge on any atom is -0.397 e. The summed E-state index contributed by atoms with van der Waals surface area (Å²) in [5.74, 6) is 0.588. The summed E-state index contributed by atoms with van der Waals surface area (Å²) in [6.07, 6.45) is 4.62. The molecule has 3 rings (SSSR count). The van der Waals surface area contributed by atoms with Crippen molar-refractivity contribution >= 4 is 27.9 Å². The molecule has 2 aliphatic rings. The molecule has 5 heteroatoms. The van der Waals surface area contributed by atoms with Gasteiger partial charge in [-0.25, -0.2) is 0 Å². The van der Waals surface area contributed by atoms with Crippen LogP contribution in [0, 0.1) is 0 Å². The van der Waals surface area contributed by atoms with E-state index in [4.69, 9.17) is 5.73 Å². The Morgan fingerprint density at radius 2 is 2.11 bits per heavy atom. The van der Waals surface area contributed by atoms with Crippen molar-refractivity contribution in [3.63, 3.8) is 0 Å². The number of nitrogens with zero attached hydrogens (tertiary/aromatic N) is 1. The first-order valence-corrected chi connectivity index (χ1v) is 7.87. The number of carbonyl (C=O) groups is 1. The van der Waals surface area contributed by atoms with Gasteiger partial charge in [-0.3, -0.25) is 4.79 Å². The number of anilines is 2. The Hall–Kier alpha value is -1.23. The molecule has 0 aliphatic heterocycles. The van der Waals surface area contributed by atoms with Gasteiger partial charge in [0.25, 0.3) is 5.91 Å². The zero-order chi connectivity index (χ0) is 13.6. The molecule has 1 aromatic rings. The lowest BCUT2D eigenvalue weighted by Crippen LogP contribution is -2.25. The molecule has 2 saturated carbocycles. The van der Waals surface area contributed by atoms with Crippen LogP contribution in [-0.2, 0) is 0 Å². The summed E-state index contributed by atoms with van der Waals surface area (Å²) in [5, 5.41) is 4.22. The fraction of sp³-hybridized carbons (Fsp3) is 0.643. The van der Waals surface area contributed by atoms with Crippen molar-refractivity contribution in [2.75, 3.05) is 24.2 Å². The van der Waals surface area contributed by atoms with Gasteiger partial charge in [0.15, 0.2) is 0 Å². The maximum Gasteiger partial charge on any atom is 0.263 e. The van der Waals surface area contributed by atoms with Crippen LogP contribution in [0.15, 0.2) is 0 Å². The minimum absolute atomic E-state index is 0.0163. The third kappa shape index (κ3) is 2.43. The SMILES string of the molecule is CCN(C)c1sc(C(=O)NC2CC2)c(N)c1C1CC1. The summed E-state index contributed by atoms with van der Waals surface area (Å²) in [7, 11) is 2.07. The van der Waals surface area contributed by atoms with Gasteiger partial charge in [0.1, 0.15) is 4.88 Å². The first kappa shape index (κ1) is 12.8. The van der Waals surface area contributed by atoms with Crippen LogP contribution < -0.4 is 16.0 Å². The molecule has 1 aromatic heterocycles. The quantitative estimate of drug-likeness (QED) is 0.871. The van der Waals surface area contributed by atoms with Crippen molar-refractivity contribution in [3.05, 3.63) is 10.4 Å². The van der Waals surface area contributed by atoms with Gasteiger partial charge in [-0.1, -0.05) is 0 Å². The average Bonchev–Trinajstić information content (AvgIpc) is 3.29. The van der Waals surface area contributed by atoms with E-state index in [1.54, 1.807) is 11.3 Å². The first-order valence-electron chi connectivity index (χ1n) is 7.06. The van der Waals surface area contributed by atoms with Crippen LogP contribution in [0.3, 0.4) is 0 Å². The molecule has 0 radical (unpaired) electrons. The fourth-order valence-corrected chi connectivity index (χ4v) is 3.52. The summed E-state index contributed by atoms with van der Waals surface area (Å²) in [6.45, 7) is 3.06. The lowest BCUT2D eigenvalue weighted by atomic mass is 10.1. The number of carbonyl (C=O) groups excluding carboxylic acids is 1. The second kappa shape index (κ2) is 4.71. The molecule has 2 aliphatic carbocycles. The topological polar surface area (TPSA) is 58.4 Å². The van der Waals surface area contributed by atoms with Crippen molar-refractivity contribution in [2.24, 2.45) is 0 Å². The Morgan fingerprint density at radius 3 is 2.63 bits per heavy atom. The van der Waals surface area contributed by atoms with Gasteiger partial charge in [0.2, 0.25) is 0 Å². The molecule has 0 atom stereocenters. The highest BCUT2D eigenvalue weighted by atomic mass is 32.1. The van der Waals surface area contributed by atoms with Crippen molar-refractivity contribution < 1.29 is 4.79 Å². The molecule has 2 fully saturated rings. The molecule has 3 N–H and O–H groups in total. The van der Waals surface area contributed by atoms with Crippen LogP contribution in [0.2, 0.25) is 0 Å². The second-order valence-electron chi connectivity index (χ2n) is 5.60. The Bertz CT molecular complexity index is 503. The normalized spacial score (nSPS) is 18.4. The molecule has 19 heavy (non-hydrogen) atoms. The first-order chi connectivity index (χ1) is 9.11. The number of nitrogen functional groups attached to an aromatic ring is 1. The van der Waals surface area contributed by atoms with E-state index in [9.17, 15) is 4.79 Å². The Morgan fingerprint density at radius 1 is 1.42 bits per heavy atom. The largest absolute Gasteiger partial charge is 0.397 e. The number of rotatable bonds is 5. The Kier molecular flexibility index (Phi) is 3.17. The third-order valence-corrected chi connectivity index (χ3v) is 5.22. The molecule has 0 bridgehead atoms. The maximum atomic E-state index is 12.2. The number of amides is 1. The summed E-state index contributed by atoms with van der Waals surface area (Å²) in [4.78, 5) is 15.1. The number of hydrogen-bond acceptors (Lipinski definition) is 4. The van der Waals surface area contributed by atoms with E-state index < -0.39 is 0 Å². The summed E-state index contributed by atoms with van der Waals surface area (Å²) in [5.41, 5.74) is 8.20. The van der Waals surface area contributed by atoms with Crippen LogP contribution in [-0.4, -0.2) is 25.5 Å². The number of hydrogen-bond donors (Lipinski definition) is 2. The highest BCUT2D eigenvalue weighted by Gasteiger charge is 2.34. The van der Waals surface area contributed by atoms with E-state index in [0.717, 1.165) is 25.1 Å².